The van der Waals surface area contributed by atoms with Crippen molar-refractivity contribution in [1.29, 1.82) is 0 Å². The van der Waals surface area contributed by atoms with Gasteiger partial charge >= 0.3 is 5.97 Å². The lowest BCUT2D eigenvalue weighted by molar-refractivity contribution is -0.136. The molecule has 1 heterocycles. The van der Waals surface area contributed by atoms with Gasteiger partial charge in [-0.25, -0.2) is 4.79 Å². The highest BCUT2D eigenvalue weighted by atomic mass is 35.5. The lowest BCUT2D eigenvalue weighted by atomic mass is 10.2. The quantitative estimate of drug-likeness (QED) is 0.300. The van der Waals surface area contributed by atoms with E-state index in [9.17, 15) is 4.79 Å². The molecule has 0 N–H and O–H groups in total. The highest BCUT2D eigenvalue weighted by Crippen LogP contribution is 2.36. The van der Waals surface area contributed by atoms with Gasteiger partial charge in [-0.3, -0.25) is 0 Å². The van der Waals surface area contributed by atoms with E-state index in [0.29, 0.717) is 32.2 Å². The Morgan fingerprint density at radius 3 is 2.64 bits per heavy atom. The lowest BCUT2D eigenvalue weighted by Crippen LogP contribution is -1.99. The number of rotatable bonds is 5. The number of benzene rings is 1. The topological polar surface area (TPSA) is 39.4 Å². The molecule has 0 aliphatic heterocycles. The molecule has 1 aromatic heterocycles. The Morgan fingerprint density at radius 1 is 1.18 bits per heavy atom. The van der Waals surface area contributed by atoms with E-state index in [4.69, 9.17) is 44.0 Å². The summed E-state index contributed by atoms with van der Waals surface area (Å²) in [7, 11) is 0. The first-order valence-corrected chi connectivity index (χ1v) is 7.35. The molecule has 0 amide bonds. The molecule has 22 heavy (non-hydrogen) atoms. The standard InChI is InChI=1S/C16H11Cl3O3/c1-2-7-21-16(20)6-4-10-3-5-15(22-10)11-8-13(18)14(19)9-12(11)17/h2-6,8-9H,1,7H2/b6-4+. The molecule has 0 fully saturated rings. The summed E-state index contributed by atoms with van der Waals surface area (Å²) >= 11 is 18.0. The van der Waals surface area contributed by atoms with Crippen LogP contribution in [0.5, 0.6) is 0 Å². The molecule has 3 nitrogen and oxygen atoms in total. The average molecular weight is 358 g/mol. The molecule has 0 radical (unpaired) electrons. The van der Waals surface area contributed by atoms with Crippen molar-refractivity contribution in [2.45, 2.75) is 0 Å². The highest BCUT2D eigenvalue weighted by molar-refractivity contribution is 6.44. The van der Waals surface area contributed by atoms with Crippen LogP contribution in [0.25, 0.3) is 17.4 Å². The molecular weight excluding hydrogens is 347 g/mol. The van der Waals surface area contributed by atoms with Gasteiger partial charge in [0.15, 0.2) is 0 Å². The Kier molecular flexibility index (Phi) is 5.72. The second kappa shape index (κ2) is 7.54. The molecular formula is C16H11Cl3O3. The van der Waals surface area contributed by atoms with E-state index in [1.165, 1.54) is 18.2 Å². The van der Waals surface area contributed by atoms with E-state index in [2.05, 4.69) is 6.58 Å². The first-order valence-electron chi connectivity index (χ1n) is 6.21. The summed E-state index contributed by atoms with van der Waals surface area (Å²) in [5.74, 6) is 0.515. The summed E-state index contributed by atoms with van der Waals surface area (Å²) in [6.45, 7) is 3.62. The van der Waals surface area contributed by atoms with Crippen molar-refractivity contribution < 1.29 is 13.9 Å². The molecule has 0 unspecified atom stereocenters. The SMILES string of the molecule is C=CCOC(=O)/C=C/c1ccc(-c2cc(Cl)c(Cl)cc2Cl)o1. The predicted molar refractivity (Wildman–Crippen MR) is 89.4 cm³/mol. The minimum absolute atomic E-state index is 0.158. The number of ether oxygens (including phenoxy) is 1. The number of hydrogen-bond donors (Lipinski definition) is 0. The van der Waals surface area contributed by atoms with E-state index in [-0.39, 0.29) is 6.61 Å². The van der Waals surface area contributed by atoms with Crippen LogP contribution in [0, 0.1) is 0 Å². The molecule has 0 atom stereocenters. The van der Waals surface area contributed by atoms with E-state index in [1.807, 2.05) is 0 Å². The van der Waals surface area contributed by atoms with Crippen LogP contribution in [0.3, 0.4) is 0 Å². The van der Waals surface area contributed by atoms with Crippen molar-refractivity contribution in [3.05, 3.63) is 63.8 Å². The lowest BCUT2D eigenvalue weighted by Gasteiger charge is -2.03. The van der Waals surface area contributed by atoms with Crippen LogP contribution in [0.4, 0.5) is 0 Å². The van der Waals surface area contributed by atoms with Gasteiger partial charge in [-0.15, -0.1) is 0 Å². The summed E-state index contributed by atoms with van der Waals surface area (Å²) in [5.41, 5.74) is 0.616. The maximum atomic E-state index is 11.3. The molecule has 0 saturated heterocycles. The van der Waals surface area contributed by atoms with E-state index >= 15 is 0 Å². The monoisotopic (exact) mass is 356 g/mol. The van der Waals surface area contributed by atoms with Gasteiger partial charge in [0.1, 0.15) is 18.1 Å². The fraction of sp³-hybridized carbons (Fsp3) is 0.0625. The number of carbonyl (C=O) groups is 1. The number of esters is 1. The van der Waals surface area contributed by atoms with E-state index in [1.54, 1.807) is 24.3 Å². The molecule has 2 aromatic rings. The number of carbonyl (C=O) groups excluding carboxylic acids is 1. The molecule has 2 rings (SSSR count). The van der Waals surface area contributed by atoms with Gasteiger partial charge in [0.2, 0.25) is 0 Å². The molecule has 0 saturated carbocycles. The van der Waals surface area contributed by atoms with Gasteiger partial charge in [-0.2, -0.15) is 0 Å². The largest absolute Gasteiger partial charge is 0.458 e. The Labute approximate surface area is 142 Å². The van der Waals surface area contributed by atoms with Crippen LogP contribution >= 0.6 is 34.8 Å². The van der Waals surface area contributed by atoms with Gasteiger partial charge in [0.05, 0.1) is 15.1 Å². The normalized spacial score (nSPS) is 10.9. The van der Waals surface area contributed by atoms with Crippen molar-refractivity contribution in [3.63, 3.8) is 0 Å². The van der Waals surface area contributed by atoms with Crippen LogP contribution in [0.2, 0.25) is 15.1 Å². The van der Waals surface area contributed by atoms with Crippen LogP contribution in [-0.4, -0.2) is 12.6 Å². The Bertz CT molecular complexity index is 732. The third-order valence-corrected chi connectivity index (χ3v) is 3.66. The van der Waals surface area contributed by atoms with Crippen molar-refractivity contribution in [2.24, 2.45) is 0 Å². The summed E-state index contributed by atoms with van der Waals surface area (Å²) in [6, 6.07) is 6.59. The smallest absolute Gasteiger partial charge is 0.331 e. The third-order valence-electron chi connectivity index (χ3n) is 2.63. The maximum Gasteiger partial charge on any atom is 0.331 e. The Balaban J connectivity index is 2.18. The van der Waals surface area contributed by atoms with Gasteiger partial charge in [-0.1, -0.05) is 47.5 Å². The van der Waals surface area contributed by atoms with Crippen molar-refractivity contribution in [3.8, 4) is 11.3 Å². The second-order valence-electron chi connectivity index (χ2n) is 4.20. The van der Waals surface area contributed by atoms with Gasteiger partial charge in [0, 0.05) is 11.6 Å². The first kappa shape index (κ1) is 16.7. The molecule has 0 spiro atoms. The van der Waals surface area contributed by atoms with Crippen molar-refractivity contribution in [1.82, 2.24) is 0 Å². The van der Waals surface area contributed by atoms with Gasteiger partial charge < -0.3 is 9.15 Å². The third kappa shape index (κ3) is 4.17. The zero-order valence-corrected chi connectivity index (χ0v) is 13.6. The maximum absolute atomic E-state index is 11.3. The fourth-order valence-electron chi connectivity index (χ4n) is 1.64. The zero-order valence-electron chi connectivity index (χ0n) is 11.3. The molecule has 0 aliphatic carbocycles. The number of furan rings is 1. The number of hydrogen-bond acceptors (Lipinski definition) is 3. The first-order chi connectivity index (χ1) is 10.5. The average Bonchev–Trinajstić information content (AvgIpc) is 2.95. The van der Waals surface area contributed by atoms with E-state index in [0.717, 1.165) is 0 Å². The van der Waals surface area contributed by atoms with Gasteiger partial charge in [-0.05, 0) is 30.3 Å². The number of halogens is 3. The summed E-state index contributed by atoms with van der Waals surface area (Å²) in [4.78, 5) is 11.3. The van der Waals surface area contributed by atoms with Gasteiger partial charge in [0.25, 0.3) is 0 Å². The predicted octanol–water partition coefficient (Wildman–Crippen LogP) is 5.65. The Hall–Kier alpha value is -1.68. The Morgan fingerprint density at radius 2 is 1.91 bits per heavy atom. The summed E-state index contributed by atoms with van der Waals surface area (Å²) < 4.78 is 10.4. The second-order valence-corrected chi connectivity index (χ2v) is 5.42. The fourth-order valence-corrected chi connectivity index (χ4v) is 2.28. The summed E-state index contributed by atoms with van der Waals surface area (Å²) in [6.07, 6.45) is 4.26. The minimum atomic E-state index is -0.481. The van der Waals surface area contributed by atoms with Crippen LogP contribution in [0.15, 0.2) is 47.4 Å². The van der Waals surface area contributed by atoms with Crippen LogP contribution in [-0.2, 0) is 9.53 Å². The molecule has 114 valence electrons. The van der Waals surface area contributed by atoms with E-state index < -0.39 is 5.97 Å². The van der Waals surface area contributed by atoms with Crippen molar-refractivity contribution >= 4 is 46.8 Å². The minimum Gasteiger partial charge on any atom is -0.458 e. The molecule has 6 heteroatoms. The molecule has 0 bridgehead atoms. The zero-order chi connectivity index (χ0) is 16.1. The van der Waals surface area contributed by atoms with Crippen molar-refractivity contribution in [2.75, 3.05) is 6.61 Å². The highest BCUT2D eigenvalue weighted by Gasteiger charge is 2.11. The summed E-state index contributed by atoms with van der Waals surface area (Å²) in [5, 5.41) is 1.17. The van der Waals surface area contributed by atoms with Crippen LogP contribution in [0.1, 0.15) is 5.76 Å². The molecule has 1 aromatic carbocycles. The van der Waals surface area contributed by atoms with Crippen LogP contribution < -0.4 is 0 Å². The molecule has 0 aliphatic rings.